The van der Waals surface area contributed by atoms with Gasteiger partial charge in [-0.1, -0.05) is 11.6 Å². The molecule has 0 amide bonds. The van der Waals surface area contributed by atoms with E-state index >= 15 is 0 Å². The van der Waals surface area contributed by atoms with Crippen LogP contribution >= 0.6 is 22.3 Å². The summed E-state index contributed by atoms with van der Waals surface area (Å²) in [5.41, 5.74) is 0.513. The summed E-state index contributed by atoms with van der Waals surface area (Å²) < 4.78 is 33.1. The van der Waals surface area contributed by atoms with Crippen molar-refractivity contribution in [3.8, 4) is 0 Å². The molecule has 0 N–H and O–H groups in total. The van der Waals surface area contributed by atoms with Gasteiger partial charge in [-0.25, -0.2) is 8.42 Å². The van der Waals surface area contributed by atoms with Crippen LogP contribution in [0.25, 0.3) is 0 Å². The van der Waals surface area contributed by atoms with E-state index in [0.717, 1.165) is 0 Å². The molecule has 0 saturated carbocycles. The zero-order valence-electron chi connectivity index (χ0n) is 7.74. The lowest BCUT2D eigenvalue weighted by Gasteiger charge is -2.03. The third-order valence-electron chi connectivity index (χ3n) is 1.66. The van der Waals surface area contributed by atoms with Crippen molar-refractivity contribution >= 4 is 42.1 Å². The second-order valence-electron chi connectivity index (χ2n) is 2.91. The van der Waals surface area contributed by atoms with Crippen molar-refractivity contribution in [2.45, 2.75) is 10.6 Å². The summed E-state index contributed by atoms with van der Waals surface area (Å²) in [5, 5.41) is 0.384. The molecule has 7 heteroatoms. The van der Waals surface area contributed by atoms with E-state index in [-0.39, 0.29) is 10.6 Å². The fourth-order valence-electron chi connectivity index (χ4n) is 1.03. The Labute approximate surface area is 100 Å². The van der Waals surface area contributed by atoms with E-state index in [0.29, 0.717) is 10.6 Å². The molecule has 1 unspecified atom stereocenters. The Hall–Kier alpha value is -0.100. The van der Waals surface area contributed by atoms with Crippen LogP contribution in [-0.4, -0.2) is 18.9 Å². The quantitative estimate of drug-likeness (QED) is 0.800. The van der Waals surface area contributed by atoms with E-state index in [1.54, 1.807) is 0 Å². The first-order chi connectivity index (χ1) is 6.80. The first-order valence-corrected chi connectivity index (χ1v) is 8.25. The Morgan fingerprint density at radius 1 is 1.40 bits per heavy atom. The van der Waals surface area contributed by atoms with Crippen LogP contribution < -0.4 is 0 Å². The van der Waals surface area contributed by atoms with Gasteiger partial charge in [-0.2, -0.15) is 0 Å². The number of hydrogen-bond donors (Lipinski definition) is 0. The predicted molar refractivity (Wildman–Crippen MR) is 62.3 cm³/mol. The summed E-state index contributed by atoms with van der Waals surface area (Å²) in [6.07, 6.45) is 1.51. The monoisotopic (exact) mass is 286 g/mol. The fourth-order valence-corrected chi connectivity index (χ4v) is 2.77. The lowest BCUT2D eigenvalue weighted by atomic mass is 10.2. The highest BCUT2D eigenvalue weighted by atomic mass is 35.7. The highest BCUT2D eigenvalue weighted by Crippen LogP contribution is 2.23. The highest BCUT2D eigenvalue weighted by Gasteiger charge is 2.12. The van der Waals surface area contributed by atoms with Crippen molar-refractivity contribution < 1.29 is 12.6 Å². The lowest BCUT2D eigenvalue weighted by molar-refractivity contribution is 0.609. The van der Waals surface area contributed by atoms with Crippen molar-refractivity contribution in [3.05, 3.63) is 28.8 Å². The maximum Gasteiger partial charge on any atom is 0.261 e. The van der Waals surface area contributed by atoms with E-state index in [1.165, 1.54) is 24.5 Å². The van der Waals surface area contributed by atoms with E-state index in [4.69, 9.17) is 22.3 Å². The highest BCUT2D eigenvalue weighted by molar-refractivity contribution is 8.13. The SMILES string of the molecule is CS(=O)Cc1cc(S(=O)(=O)Cl)ccc1Cl. The molecule has 0 bridgehead atoms. The molecule has 0 aliphatic heterocycles. The van der Waals surface area contributed by atoms with E-state index in [9.17, 15) is 12.6 Å². The summed E-state index contributed by atoms with van der Waals surface area (Å²) >= 11 is 5.82. The minimum Gasteiger partial charge on any atom is -0.260 e. The molecule has 0 aromatic heterocycles. The molecule has 1 atom stereocenters. The van der Waals surface area contributed by atoms with Gasteiger partial charge in [0.2, 0.25) is 0 Å². The normalized spacial score (nSPS) is 13.8. The Bertz CT molecular complexity index is 497. The maximum absolute atomic E-state index is 11.0. The molecule has 0 aliphatic rings. The van der Waals surface area contributed by atoms with E-state index in [2.05, 4.69) is 0 Å². The summed E-state index contributed by atoms with van der Waals surface area (Å²) in [5.74, 6) is 0.207. The van der Waals surface area contributed by atoms with Gasteiger partial charge in [0, 0.05) is 38.5 Å². The van der Waals surface area contributed by atoms with Crippen molar-refractivity contribution in [2.24, 2.45) is 0 Å². The Balaban J connectivity index is 3.23. The molecule has 15 heavy (non-hydrogen) atoms. The lowest BCUT2D eigenvalue weighted by Crippen LogP contribution is -1.97. The molecule has 0 heterocycles. The van der Waals surface area contributed by atoms with Crippen LogP contribution in [0, 0.1) is 0 Å². The number of benzene rings is 1. The minimum absolute atomic E-state index is 0.0333. The van der Waals surface area contributed by atoms with Gasteiger partial charge >= 0.3 is 0 Å². The van der Waals surface area contributed by atoms with Crippen molar-refractivity contribution in [2.75, 3.05) is 6.26 Å². The third kappa shape index (κ3) is 3.75. The van der Waals surface area contributed by atoms with Crippen LogP contribution in [0.2, 0.25) is 5.02 Å². The standard InChI is InChI=1S/C8H8Cl2O3S2/c1-14(11)5-6-4-7(15(10,12)13)2-3-8(6)9/h2-4H,5H2,1H3. The van der Waals surface area contributed by atoms with Crippen molar-refractivity contribution in [3.63, 3.8) is 0 Å². The zero-order valence-corrected chi connectivity index (χ0v) is 10.9. The average molecular weight is 287 g/mol. The van der Waals surface area contributed by atoms with Gasteiger partial charge in [0.25, 0.3) is 9.05 Å². The fraction of sp³-hybridized carbons (Fsp3) is 0.250. The maximum atomic E-state index is 11.0. The molecule has 0 radical (unpaired) electrons. The smallest absolute Gasteiger partial charge is 0.260 e. The van der Waals surface area contributed by atoms with E-state index in [1.807, 2.05) is 0 Å². The molecular formula is C8H8Cl2O3S2. The van der Waals surface area contributed by atoms with Crippen LogP contribution in [0.15, 0.2) is 23.1 Å². The first kappa shape index (κ1) is 13.0. The molecule has 1 aromatic carbocycles. The van der Waals surface area contributed by atoms with Gasteiger partial charge in [0.05, 0.1) is 4.90 Å². The summed E-state index contributed by atoms with van der Waals surface area (Å²) in [6, 6.07) is 4.08. The molecule has 0 saturated heterocycles. The van der Waals surface area contributed by atoms with Crippen molar-refractivity contribution in [1.29, 1.82) is 0 Å². The Kier molecular flexibility index (Phi) is 4.17. The van der Waals surface area contributed by atoms with Crippen LogP contribution in [-0.2, 0) is 25.6 Å². The zero-order chi connectivity index (χ0) is 11.6. The molecule has 1 aromatic rings. The van der Waals surface area contributed by atoms with Gasteiger partial charge in [-0.3, -0.25) is 4.21 Å². The number of hydrogen-bond acceptors (Lipinski definition) is 3. The summed E-state index contributed by atoms with van der Waals surface area (Å²) in [7, 11) is 0.325. The van der Waals surface area contributed by atoms with Gasteiger partial charge in [0.1, 0.15) is 0 Å². The number of halogens is 2. The van der Waals surface area contributed by atoms with Gasteiger partial charge in [0.15, 0.2) is 0 Å². The molecule has 0 aliphatic carbocycles. The van der Waals surface area contributed by atoms with Gasteiger partial charge in [-0.15, -0.1) is 0 Å². The minimum atomic E-state index is -3.76. The Morgan fingerprint density at radius 3 is 2.47 bits per heavy atom. The third-order valence-corrected chi connectivity index (χ3v) is 4.10. The second kappa shape index (κ2) is 4.82. The Morgan fingerprint density at radius 2 is 2.00 bits per heavy atom. The molecule has 1 rings (SSSR count). The summed E-state index contributed by atoms with van der Waals surface area (Å²) in [4.78, 5) is -0.0333. The topological polar surface area (TPSA) is 51.2 Å². The molecular weight excluding hydrogens is 279 g/mol. The van der Waals surface area contributed by atoms with Crippen LogP contribution in [0.1, 0.15) is 5.56 Å². The first-order valence-electron chi connectivity index (χ1n) is 3.84. The van der Waals surface area contributed by atoms with E-state index < -0.39 is 19.9 Å². The van der Waals surface area contributed by atoms with Crippen LogP contribution in [0.4, 0.5) is 0 Å². The van der Waals surface area contributed by atoms with Gasteiger partial charge < -0.3 is 0 Å². The number of rotatable bonds is 3. The molecule has 0 spiro atoms. The van der Waals surface area contributed by atoms with Gasteiger partial charge in [-0.05, 0) is 23.8 Å². The molecule has 3 nitrogen and oxygen atoms in total. The van der Waals surface area contributed by atoms with Crippen molar-refractivity contribution in [1.82, 2.24) is 0 Å². The summed E-state index contributed by atoms with van der Waals surface area (Å²) in [6.45, 7) is 0. The average Bonchev–Trinajstić information content (AvgIpc) is 2.06. The van der Waals surface area contributed by atoms with Crippen LogP contribution in [0.5, 0.6) is 0 Å². The van der Waals surface area contributed by atoms with Crippen LogP contribution in [0.3, 0.4) is 0 Å². The molecule has 0 fully saturated rings. The largest absolute Gasteiger partial charge is 0.261 e. The predicted octanol–water partition coefficient (Wildman–Crippen LogP) is 2.15. The molecule has 84 valence electrons. The second-order valence-corrected chi connectivity index (χ2v) is 7.32.